The van der Waals surface area contributed by atoms with Crippen LogP contribution in [0.1, 0.15) is 71.6 Å². The molecule has 3 fully saturated rings. The molecule has 4 heteroatoms. The van der Waals surface area contributed by atoms with Crippen molar-refractivity contribution in [3.8, 4) is 0 Å². The summed E-state index contributed by atoms with van der Waals surface area (Å²) in [5.74, 6) is 0.902. The van der Waals surface area contributed by atoms with Gasteiger partial charge in [-0.25, -0.2) is 0 Å². The van der Waals surface area contributed by atoms with Gasteiger partial charge in [0.25, 0.3) is 0 Å². The number of amides is 2. The smallest absolute Gasteiger partial charge is 0.249 e. The fourth-order valence-electron chi connectivity index (χ4n) is 4.42. The Kier molecular flexibility index (Phi) is 3.74. The second-order valence-electron chi connectivity index (χ2n) is 7.19. The van der Waals surface area contributed by atoms with Gasteiger partial charge >= 0.3 is 0 Å². The summed E-state index contributed by atoms with van der Waals surface area (Å²) in [6.07, 6.45) is 8.86. The second kappa shape index (κ2) is 5.29. The van der Waals surface area contributed by atoms with Crippen LogP contribution in [0.5, 0.6) is 0 Å². The first-order chi connectivity index (χ1) is 10.1. The van der Waals surface area contributed by atoms with Crippen LogP contribution in [-0.4, -0.2) is 34.3 Å². The number of carbonyl (C=O) groups is 2. The lowest BCUT2D eigenvalue weighted by Crippen LogP contribution is -2.75. The van der Waals surface area contributed by atoms with Crippen LogP contribution in [0.4, 0.5) is 0 Å². The van der Waals surface area contributed by atoms with Gasteiger partial charge in [-0.2, -0.15) is 0 Å². The van der Waals surface area contributed by atoms with Gasteiger partial charge in [0.05, 0.1) is 0 Å². The van der Waals surface area contributed by atoms with E-state index in [2.05, 4.69) is 5.32 Å². The van der Waals surface area contributed by atoms with Crippen molar-refractivity contribution in [2.45, 2.75) is 82.7 Å². The Labute approximate surface area is 127 Å². The molecule has 1 saturated heterocycles. The topological polar surface area (TPSA) is 49.4 Å². The minimum atomic E-state index is -0.611. The number of hydrogen-bond donors (Lipinski definition) is 1. The number of carbonyl (C=O) groups excluding carboxylic acids is 2. The van der Waals surface area contributed by atoms with Crippen molar-refractivity contribution in [3.05, 3.63) is 0 Å². The Balaban J connectivity index is 1.93. The lowest BCUT2D eigenvalue weighted by Gasteiger charge is -2.53. The summed E-state index contributed by atoms with van der Waals surface area (Å²) in [6.45, 7) is 4.86. The molecule has 1 heterocycles. The highest BCUT2D eigenvalue weighted by Crippen LogP contribution is 2.41. The van der Waals surface area contributed by atoms with Gasteiger partial charge in [-0.1, -0.05) is 33.1 Å². The van der Waals surface area contributed by atoms with Crippen LogP contribution in [0.3, 0.4) is 0 Å². The summed E-state index contributed by atoms with van der Waals surface area (Å²) in [5, 5.41) is 3.14. The summed E-state index contributed by atoms with van der Waals surface area (Å²) in [7, 11) is 0. The highest BCUT2D eigenvalue weighted by molar-refractivity contribution is 6.02. The van der Waals surface area contributed by atoms with Gasteiger partial charge in [-0.05, 0) is 44.4 Å². The third-order valence-corrected chi connectivity index (χ3v) is 6.24. The minimum absolute atomic E-state index is 0.0910. The second-order valence-corrected chi connectivity index (χ2v) is 7.19. The molecule has 1 N–H and O–H groups in total. The Morgan fingerprint density at radius 3 is 2.19 bits per heavy atom. The van der Waals surface area contributed by atoms with Crippen molar-refractivity contribution in [2.24, 2.45) is 5.92 Å². The molecule has 3 rings (SSSR count). The molecule has 0 aromatic heterocycles. The lowest BCUT2D eigenvalue weighted by molar-refractivity contribution is -0.165. The molecular weight excluding hydrogens is 264 g/mol. The molecule has 1 aliphatic heterocycles. The first kappa shape index (κ1) is 14.9. The molecule has 2 saturated carbocycles. The van der Waals surface area contributed by atoms with Gasteiger partial charge in [0.1, 0.15) is 11.1 Å². The molecule has 0 atom stereocenters. The average molecular weight is 292 g/mol. The predicted molar refractivity (Wildman–Crippen MR) is 81.7 cm³/mol. The van der Waals surface area contributed by atoms with Crippen molar-refractivity contribution < 1.29 is 9.59 Å². The third kappa shape index (κ3) is 2.09. The van der Waals surface area contributed by atoms with Crippen LogP contribution >= 0.6 is 0 Å². The average Bonchev–Trinajstić information content (AvgIpc) is 2.89. The predicted octanol–water partition coefficient (Wildman–Crippen LogP) is 2.62. The monoisotopic (exact) mass is 292 g/mol. The van der Waals surface area contributed by atoms with E-state index in [-0.39, 0.29) is 11.8 Å². The Hall–Kier alpha value is -1.06. The van der Waals surface area contributed by atoms with E-state index in [1.807, 2.05) is 18.7 Å². The fraction of sp³-hybridized carbons (Fsp3) is 0.882. The molecule has 21 heavy (non-hydrogen) atoms. The van der Waals surface area contributed by atoms with Crippen LogP contribution < -0.4 is 5.32 Å². The maximum absolute atomic E-state index is 13.2. The largest absolute Gasteiger partial charge is 0.340 e. The first-order valence-electron chi connectivity index (χ1n) is 8.72. The highest BCUT2D eigenvalue weighted by Gasteiger charge is 2.57. The first-order valence-corrected chi connectivity index (χ1v) is 8.72. The Morgan fingerprint density at radius 2 is 1.71 bits per heavy atom. The van der Waals surface area contributed by atoms with Crippen molar-refractivity contribution >= 4 is 11.8 Å². The van der Waals surface area contributed by atoms with Gasteiger partial charge in [0.15, 0.2) is 0 Å². The zero-order chi connectivity index (χ0) is 15.1. The molecule has 118 valence electrons. The van der Waals surface area contributed by atoms with Crippen molar-refractivity contribution in [1.82, 2.24) is 10.2 Å². The number of nitrogens with zero attached hydrogens (tertiary/aromatic N) is 1. The maximum atomic E-state index is 13.2. The van der Waals surface area contributed by atoms with E-state index in [9.17, 15) is 9.59 Å². The highest BCUT2D eigenvalue weighted by atomic mass is 16.2. The lowest BCUT2D eigenvalue weighted by atomic mass is 9.77. The zero-order valence-electron chi connectivity index (χ0n) is 13.4. The van der Waals surface area contributed by atoms with Gasteiger partial charge in [-0.15, -0.1) is 0 Å². The molecule has 0 aromatic rings. The SMILES string of the molecule is CCC1(CC)C(=O)NC2(CCCC2)C(=O)N1CC1CCC1. The third-order valence-electron chi connectivity index (χ3n) is 6.24. The molecule has 0 radical (unpaired) electrons. The van der Waals surface area contributed by atoms with Gasteiger partial charge < -0.3 is 10.2 Å². The Bertz CT molecular complexity index is 432. The number of hydrogen-bond acceptors (Lipinski definition) is 2. The number of nitrogens with one attached hydrogen (secondary N) is 1. The van der Waals surface area contributed by atoms with E-state index in [1.165, 1.54) is 19.3 Å². The van der Waals surface area contributed by atoms with Gasteiger partial charge in [0.2, 0.25) is 11.8 Å². The number of piperazine rings is 1. The van der Waals surface area contributed by atoms with E-state index < -0.39 is 11.1 Å². The quantitative estimate of drug-likeness (QED) is 0.866. The standard InChI is InChI=1S/C17H28N2O2/c1-3-17(4-2)14(20)18-16(10-5-6-11-16)15(21)19(17)12-13-8-7-9-13/h13H,3-12H2,1-2H3,(H,18,20). The molecule has 2 amide bonds. The molecule has 4 nitrogen and oxygen atoms in total. The van der Waals surface area contributed by atoms with Crippen LogP contribution in [0.15, 0.2) is 0 Å². The van der Waals surface area contributed by atoms with Gasteiger partial charge in [-0.3, -0.25) is 9.59 Å². The van der Waals surface area contributed by atoms with Crippen LogP contribution in [0.25, 0.3) is 0 Å². The summed E-state index contributed by atoms with van der Waals surface area (Å²) in [4.78, 5) is 28.1. The summed E-state index contributed by atoms with van der Waals surface area (Å²) >= 11 is 0. The van der Waals surface area contributed by atoms with Crippen molar-refractivity contribution in [2.75, 3.05) is 6.54 Å². The van der Waals surface area contributed by atoms with E-state index >= 15 is 0 Å². The molecular formula is C17H28N2O2. The Morgan fingerprint density at radius 1 is 1.10 bits per heavy atom. The summed E-state index contributed by atoms with van der Waals surface area (Å²) in [6, 6.07) is 0. The maximum Gasteiger partial charge on any atom is 0.249 e. The van der Waals surface area contributed by atoms with E-state index in [4.69, 9.17) is 0 Å². The van der Waals surface area contributed by atoms with Crippen LogP contribution in [-0.2, 0) is 9.59 Å². The zero-order valence-corrected chi connectivity index (χ0v) is 13.4. The molecule has 0 bridgehead atoms. The van der Waals surface area contributed by atoms with E-state index in [0.717, 1.165) is 32.2 Å². The van der Waals surface area contributed by atoms with Gasteiger partial charge in [0, 0.05) is 6.54 Å². The molecule has 3 aliphatic rings. The van der Waals surface area contributed by atoms with E-state index in [0.29, 0.717) is 18.8 Å². The van der Waals surface area contributed by atoms with Crippen LogP contribution in [0, 0.1) is 5.92 Å². The van der Waals surface area contributed by atoms with E-state index in [1.54, 1.807) is 0 Å². The van der Waals surface area contributed by atoms with Crippen LogP contribution in [0.2, 0.25) is 0 Å². The molecule has 1 spiro atoms. The number of rotatable bonds is 4. The molecule has 2 aliphatic carbocycles. The summed E-state index contributed by atoms with van der Waals surface area (Å²) < 4.78 is 0. The molecule has 0 unspecified atom stereocenters. The molecule has 0 aromatic carbocycles. The van der Waals surface area contributed by atoms with Crippen molar-refractivity contribution in [1.29, 1.82) is 0 Å². The minimum Gasteiger partial charge on any atom is -0.340 e. The summed E-state index contributed by atoms with van der Waals surface area (Å²) in [5.41, 5.74) is -1.19. The fourth-order valence-corrected chi connectivity index (χ4v) is 4.42. The van der Waals surface area contributed by atoms with Crippen molar-refractivity contribution in [3.63, 3.8) is 0 Å². The normalized spacial score (nSPS) is 27.8.